The van der Waals surface area contributed by atoms with Crippen molar-refractivity contribution >= 4 is 35.0 Å². The largest absolute Gasteiger partial charge is 0.455 e. The van der Waals surface area contributed by atoms with E-state index in [0.717, 1.165) is 10.5 Å². The van der Waals surface area contributed by atoms with Gasteiger partial charge in [0.25, 0.3) is 11.6 Å². The second-order valence-electron chi connectivity index (χ2n) is 5.04. The van der Waals surface area contributed by atoms with Crippen LogP contribution in [0.5, 0.6) is 0 Å². The lowest BCUT2D eigenvalue weighted by Crippen LogP contribution is -2.22. The highest BCUT2D eigenvalue weighted by atomic mass is 32.2. The molecule has 0 bridgehead atoms. The minimum absolute atomic E-state index is 0.0582. The molecule has 7 nitrogen and oxygen atoms in total. The van der Waals surface area contributed by atoms with Crippen LogP contribution in [0.15, 0.2) is 53.4 Å². The molecule has 0 radical (unpaired) electrons. The van der Waals surface area contributed by atoms with Gasteiger partial charge in [-0.2, -0.15) is 0 Å². The maximum Gasteiger partial charge on any atom is 0.316 e. The Labute approximate surface area is 148 Å². The molecule has 0 aliphatic carbocycles. The first kappa shape index (κ1) is 18.5. The second kappa shape index (κ2) is 8.84. The van der Waals surface area contributed by atoms with E-state index in [1.807, 2.05) is 31.2 Å². The fourth-order valence-corrected chi connectivity index (χ4v) is 2.79. The molecule has 0 spiro atoms. The summed E-state index contributed by atoms with van der Waals surface area (Å²) in [6.07, 6.45) is 0. The predicted molar refractivity (Wildman–Crippen MR) is 94.6 cm³/mol. The van der Waals surface area contributed by atoms with Gasteiger partial charge in [-0.25, -0.2) is 0 Å². The molecule has 0 fully saturated rings. The van der Waals surface area contributed by atoms with E-state index < -0.39 is 23.4 Å². The summed E-state index contributed by atoms with van der Waals surface area (Å²) < 4.78 is 4.90. The van der Waals surface area contributed by atoms with Crippen molar-refractivity contribution in [2.24, 2.45) is 0 Å². The van der Waals surface area contributed by atoms with Gasteiger partial charge in [0.05, 0.1) is 10.7 Å². The number of ether oxygens (including phenoxy) is 1. The third kappa shape index (κ3) is 5.61. The number of hydrogen-bond acceptors (Lipinski definition) is 6. The van der Waals surface area contributed by atoms with E-state index in [4.69, 9.17) is 4.74 Å². The van der Waals surface area contributed by atoms with Crippen molar-refractivity contribution in [3.8, 4) is 0 Å². The Hall–Kier alpha value is -2.87. The van der Waals surface area contributed by atoms with Crippen molar-refractivity contribution in [3.05, 3.63) is 64.2 Å². The van der Waals surface area contributed by atoms with Gasteiger partial charge in [-0.05, 0) is 24.6 Å². The summed E-state index contributed by atoms with van der Waals surface area (Å²) >= 11 is 1.32. The van der Waals surface area contributed by atoms with Gasteiger partial charge in [0.1, 0.15) is 5.69 Å². The quantitative estimate of drug-likeness (QED) is 0.352. The van der Waals surface area contributed by atoms with Crippen molar-refractivity contribution in [2.45, 2.75) is 11.8 Å². The minimum Gasteiger partial charge on any atom is -0.455 e. The van der Waals surface area contributed by atoms with Crippen LogP contribution in [0.2, 0.25) is 0 Å². The number of nitro benzene ring substituents is 1. The molecular weight excluding hydrogens is 344 g/mol. The Kier molecular flexibility index (Phi) is 6.53. The number of nitrogens with zero attached hydrogens (tertiary/aromatic N) is 1. The Morgan fingerprint density at radius 1 is 1.16 bits per heavy atom. The van der Waals surface area contributed by atoms with Crippen molar-refractivity contribution in [2.75, 3.05) is 17.7 Å². The monoisotopic (exact) mass is 360 g/mol. The molecule has 25 heavy (non-hydrogen) atoms. The molecule has 0 saturated carbocycles. The third-order valence-corrected chi connectivity index (χ3v) is 4.33. The van der Waals surface area contributed by atoms with Crippen LogP contribution in [-0.2, 0) is 14.3 Å². The first-order valence-electron chi connectivity index (χ1n) is 7.34. The number of carbonyl (C=O) groups is 2. The molecule has 0 unspecified atom stereocenters. The summed E-state index contributed by atoms with van der Waals surface area (Å²) in [4.78, 5) is 34.8. The smallest absolute Gasteiger partial charge is 0.316 e. The highest BCUT2D eigenvalue weighted by Crippen LogP contribution is 2.23. The number of carbonyl (C=O) groups excluding carboxylic acids is 2. The average Bonchev–Trinajstić information content (AvgIpc) is 2.59. The molecule has 0 aliphatic rings. The van der Waals surface area contributed by atoms with Gasteiger partial charge in [-0.3, -0.25) is 19.7 Å². The maximum atomic E-state index is 11.8. The number of hydrogen-bond donors (Lipinski definition) is 1. The SMILES string of the molecule is Cc1ccccc1SCC(=O)OCC(=O)Nc1ccccc1[N+](=O)[O-]. The van der Waals surface area contributed by atoms with E-state index in [0.29, 0.717) is 0 Å². The summed E-state index contributed by atoms with van der Waals surface area (Å²) in [5, 5.41) is 13.2. The molecule has 2 rings (SSSR count). The van der Waals surface area contributed by atoms with Gasteiger partial charge in [0.15, 0.2) is 6.61 Å². The summed E-state index contributed by atoms with van der Waals surface area (Å²) in [5.41, 5.74) is 0.884. The molecule has 2 aromatic rings. The van der Waals surface area contributed by atoms with Crippen LogP contribution < -0.4 is 5.32 Å². The number of esters is 1. The van der Waals surface area contributed by atoms with Crippen LogP contribution in [0.25, 0.3) is 0 Å². The number of aryl methyl sites for hydroxylation is 1. The second-order valence-corrected chi connectivity index (χ2v) is 6.05. The minimum atomic E-state index is -0.636. The molecule has 0 heterocycles. The normalized spacial score (nSPS) is 10.1. The lowest BCUT2D eigenvalue weighted by atomic mass is 10.2. The van der Waals surface area contributed by atoms with E-state index in [1.54, 1.807) is 6.07 Å². The molecule has 0 aliphatic heterocycles. The van der Waals surface area contributed by atoms with Gasteiger partial charge < -0.3 is 10.1 Å². The van der Waals surface area contributed by atoms with Crippen LogP contribution in [0.1, 0.15) is 5.56 Å². The molecule has 0 atom stereocenters. The standard InChI is InChI=1S/C17H16N2O5S/c1-12-6-2-5-9-15(12)25-11-17(21)24-10-16(20)18-13-7-3-4-8-14(13)19(22)23/h2-9H,10-11H2,1H3,(H,18,20). The summed E-state index contributed by atoms with van der Waals surface area (Å²) in [6, 6.07) is 13.4. The highest BCUT2D eigenvalue weighted by Gasteiger charge is 2.15. The molecule has 8 heteroatoms. The first-order valence-corrected chi connectivity index (χ1v) is 8.33. The first-order chi connectivity index (χ1) is 12.0. The zero-order chi connectivity index (χ0) is 18.2. The molecule has 1 amide bonds. The van der Waals surface area contributed by atoms with Crippen LogP contribution in [-0.4, -0.2) is 29.2 Å². The summed E-state index contributed by atoms with van der Waals surface area (Å²) in [6.45, 7) is 1.44. The van der Waals surface area contributed by atoms with Gasteiger partial charge in [0, 0.05) is 11.0 Å². The number of nitrogens with one attached hydrogen (secondary N) is 1. The van der Waals surface area contributed by atoms with Crippen molar-refractivity contribution in [1.29, 1.82) is 0 Å². The molecule has 0 aromatic heterocycles. The van der Waals surface area contributed by atoms with E-state index >= 15 is 0 Å². The fraction of sp³-hybridized carbons (Fsp3) is 0.176. The Balaban J connectivity index is 1.81. The number of benzene rings is 2. The lowest BCUT2D eigenvalue weighted by Gasteiger charge is -2.07. The topological polar surface area (TPSA) is 98.5 Å². The average molecular weight is 360 g/mol. The van der Waals surface area contributed by atoms with Crippen LogP contribution in [0.3, 0.4) is 0 Å². The van der Waals surface area contributed by atoms with E-state index in [1.165, 1.54) is 30.0 Å². The zero-order valence-electron chi connectivity index (χ0n) is 13.4. The molecule has 2 aromatic carbocycles. The van der Waals surface area contributed by atoms with Gasteiger partial charge in [-0.15, -0.1) is 11.8 Å². The van der Waals surface area contributed by atoms with Crippen molar-refractivity contribution < 1.29 is 19.2 Å². The molecule has 0 saturated heterocycles. The number of nitro groups is 1. The third-order valence-electron chi connectivity index (χ3n) is 3.18. The highest BCUT2D eigenvalue weighted by molar-refractivity contribution is 8.00. The van der Waals surface area contributed by atoms with Crippen LogP contribution in [0, 0.1) is 17.0 Å². The lowest BCUT2D eigenvalue weighted by molar-refractivity contribution is -0.383. The summed E-state index contributed by atoms with van der Waals surface area (Å²) in [5.74, 6) is -1.10. The number of anilines is 1. The van der Waals surface area contributed by atoms with Crippen LogP contribution in [0.4, 0.5) is 11.4 Å². The van der Waals surface area contributed by atoms with Gasteiger partial charge >= 0.3 is 5.97 Å². The zero-order valence-corrected chi connectivity index (χ0v) is 14.2. The van der Waals surface area contributed by atoms with E-state index in [9.17, 15) is 19.7 Å². The number of para-hydroxylation sites is 2. The Morgan fingerprint density at radius 3 is 2.56 bits per heavy atom. The van der Waals surface area contributed by atoms with Crippen LogP contribution >= 0.6 is 11.8 Å². The van der Waals surface area contributed by atoms with E-state index in [-0.39, 0.29) is 17.1 Å². The Bertz CT molecular complexity index is 794. The van der Waals surface area contributed by atoms with E-state index in [2.05, 4.69) is 5.32 Å². The molecule has 1 N–H and O–H groups in total. The number of rotatable bonds is 7. The van der Waals surface area contributed by atoms with Crippen molar-refractivity contribution in [1.82, 2.24) is 0 Å². The van der Waals surface area contributed by atoms with Gasteiger partial charge in [0.2, 0.25) is 0 Å². The number of amides is 1. The maximum absolute atomic E-state index is 11.8. The Morgan fingerprint density at radius 2 is 1.84 bits per heavy atom. The molecular formula is C17H16N2O5S. The molecule has 130 valence electrons. The van der Waals surface area contributed by atoms with Crippen molar-refractivity contribution in [3.63, 3.8) is 0 Å². The summed E-state index contributed by atoms with van der Waals surface area (Å²) in [7, 11) is 0. The fourth-order valence-electron chi connectivity index (χ4n) is 1.97. The predicted octanol–water partition coefficient (Wildman–Crippen LogP) is 3.18. The van der Waals surface area contributed by atoms with Gasteiger partial charge in [-0.1, -0.05) is 30.3 Å². The number of thioether (sulfide) groups is 1.